The average Bonchev–Trinajstić information content (AvgIpc) is 3.63. The predicted octanol–water partition coefficient (Wildman–Crippen LogP) is 5.64. The van der Waals surface area contributed by atoms with Crippen LogP contribution in [0.2, 0.25) is 0 Å². The number of nitrogens with zero attached hydrogens (tertiary/aromatic N) is 3. The number of carboxylic acid groups (broad SMARTS) is 1. The molecule has 0 radical (unpaired) electrons. The van der Waals surface area contributed by atoms with Gasteiger partial charge in [-0.3, -0.25) is 4.79 Å². The van der Waals surface area contributed by atoms with Crippen LogP contribution in [0.3, 0.4) is 0 Å². The molecule has 176 valence electrons. The number of carbonyl (C=O) groups excluding carboxylic acids is 1. The van der Waals surface area contributed by atoms with E-state index in [0.717, 1.165) is 21.0 Å². The van der Waals surface area contributed by atoms with E-state index in [1.807, 2.05) is 41.1 Å². The maximum atomic E-state index is 12.6. The number of aliphatic carboxylic acids is 1. The van der Waals surface area contributed by atoms with Gasteiger partial charge in [0.15, 0.2) is 5.71 Å². The Balaban J connectivity index is 1.55. The Kier molecular flexibility index (Phi) is 7.94. The first-order valence-electron chi connectivity index (χ1n) is 9.89. The highest BCUT2D eigenvalue weighted by atomic mass is 32.2. The van der Waals surface area contributed by atoms with E-state index in [4.69, 9.17) is 0 Å². The number of thioether (sulfide) groups is 1. The van der Waals surface area contributed by atoms with Crippen LogP contribution in [0.15, 0.2) is 62.7 Å². The van der Waals surface area contributed by atoms with Crippen molar-refractivity contribution in [1.29, 1.82) is 5.26 Å². The third kappa shape index (κ3) is 5.77. The third-order valence-corrected chi connectivity index (χ3v) is 8.14. The molecule has 4 aromatic rings. The summed E-state index contributed by atoms with van der Waals surface area (Å²) in [5.74, 6) is -1.53. The Labute approximate surface area is 216 Å². The van der Waals surface area contributed by atoms with Crippen molar-refractivity contribution in [3.8, 4) is 27.1 Å². The predicted molar refractivity (Wildman–Crippen MR) is 140 cm³/mol. The minimum Gasteiger partial charge on any atom is -0.476 e. The van der Waals surface area contributed by atoms with Crippen LogP contribution in [0.5, 0.6) is 0 Å². The third-order valence-electron chi connectivity index (χ3n) is 4.52. The Hall–Kier alpha value is -3.50. The summed E-state index contributed by atoms with van der Waals surface area (Å²) in [5, 5.41) is 31.8. The fraction of sp³-hybridized carbons (Fsp3) is 0.0870. The molecule has 35 heavy (non-hydrogen) atoms. The number of hydrogen-bond donors (Lipinski definition) is 2. The molecule has 0 atom stereocenters. The Morgan fingerprint density at radius 3 is 2.57 bits per heavy atom. The first-order chi connectivity index (χ1) is 17.0. The quantitative estimate of drug-likeness (QED) is 0.160. The van der Waals surface area contributed by atoms with Crippen LogP contribution in [0, 0.1) is 11.3 Å². The van der Waals surface area contributed by atoms with Gasteiger partial charge in [-0.05, 0) is 35.0 Å². The molecule has 0 bridgehead atoms. The van der Waals surface area contributed by atoms with Gasteiger partial charge in [-0.25, -0.2) is 9.78 Å². The molecule has 0 unspecified atom stereocenters. The Bertz CT molecular complexity index is 1420. The number of amides is 1. The lowest BCUT2D eigenvalue weighted by atomic mass is 10.1. The number of oxime groups is 1. The smallest absolute Gasteiger partial charge is 0.358 e. The van der Waals surface area contributed by atoms with Crippen LogP contribution in [-0.2, 0) is 14.4 Å². The number of anilines is 1. The van der Waals surface area contributed by atoms with Crippen molar-refractivity contribution in [1.82, 2.24) is 4.98 Å². The van der Waals surface area contributed by atoms with Crippen molar-refractivity contribution in [2.45, 2.75) is 5.03 Å². The van der Waals surface area contributed by atoms with Gasteiger partial charge in [0.05, 0.1) is 26.9 Å². The van der Waals surface area contributed by atoms with E-state index in [2.05, 4.69) is 26.4 Å². The second kappa shape index (κ2) is 11.3. The van der Waals surface area contributed by atoms with E-state index >= 15 is 0 Å². The SMILES string of the molecule is CO/N=C(/C(=O)O)c1csc(NC(=O)CSc2nc(-c3cccs3)cc(-c3cccs3)c2C#N)c1. The number of hydrogen-bond acceptors (Lipinski definition) is 10. The van der Waals surface area contributed by atoms with E-state index < -0.39 is 5.97 Å². The molecule has 0 aliphatic rings. The van der Waals surface area contributed by atoms with E-state index in [0.29, 0.717) is 21.2 Å². The number of carboxylic acids is 1. The van der Waals surface area contributed by atoms with Crippen molar-refractivity contribution >= 4 is 68.4 Å². The molecule has 4 heterocycles. The summed E-state index contributed by atoms with van der Waals surface area (Å²) in [6.45, 7) is 0. The molecule has 0 aliphatic heterocycles. The molecular formula is C23H16N4O4S4. The number of pyridine rings is 1. The molecule has 12 heteroatoms. The minimum atomic E-state index is -1.24. The largest absolute Gasteiger partial charge is 0.476 e. The first-order valence-corrected chi connectivity index (χ1v) is 13.5. The molecule has 0 saturated carbocycles. The van der Waals surface area contributed by atoms with Gasteiger partial charge in [-0.15, -0.1) is 34.0 Å². The number of nitriles is 1. The monoisotopic (exact) mass is 540 g/mol. The first kappa shape index (κ1) is 24.6. The second-order valence-corrected chi connectivity index (χ2v) is 10.5. The molecule has 4 aromatic heterocycles. The zero-order valence-electron chi connectivity index (χ0n) is 18.0. The van der Waals surface area contributed by atoms with E-state index in [1.54, 1.807) is 16.7 Å². The number of nitrogens with one attached hydrogen (secondary N) is 1. The van der Waals surface area contributed by atoms with E-state index in [1.165, 1.54) is 47.6 Å². The number of carbonyl (C=O) groups is 2. The minimum absolute atomic E-state index is 0.0185. The summed E-state index contributed by atoms with van der Waals surface area (Å²) in [4.78, 5) is 35.2. The molecule has 2 N–H and O–H groups in total. The number of rotatable bonds is 9. The Morgan fingerprint density at radius 1 is 1.20 bits per heavy atom. The van der Waals surface area contributed by atoms with Crippen molar-refractivity contribution in [3.05, 3.63) is 63.7 Å². The fourth-order valence-electron chi connectivity index (χ4n) is 3.05. The lowest BCUT2D eigenvalue weighted by Gasteiger charge is -2.10. The van der Waals surface area contributed by atoms with Gasteiger partial charge >= 0.3 is 5.97 Å². The van der Waals surface area contributed by atoms with E-state index in [9.17, 15) is 20.0 Å². The van der Waals surface area contributed by atoms with Gasteiger partial charge in [0.2, 0.25) is 5.91 Å². The summed E-state index contributed by atoms with van der Waals surface area (Å²) in [7, 11) is 1.26. The zero-order valence-corrected chi connectivity index (χ0v) is 21.3. The maximum absolute atomic E-state index is 12.6. The summed E-state index contributed by atoms with van der Waals surface area (Å²) in [6.07, 6.45) is 0. The van der Waals surface area contributed by atoms with Gasteiger partial charge < -0.3 is 15.3 Å². The van der Waals surface area contributed by atoms with E-state index in [-0.39, 0.29) is 17.4 Å². The van der Waals surface area contributed by atoms with Gasteiger partial charge in [-0.2, -0.15) is 5.26 Å². The van der Waals surface area contributed by atoms with Gasteiger partial charge in [-0.1, -0.05) is 29.1 Å². The van der Waals surface area contributed by atoms with Crippen LogP contribution in [0.25, 0.3) is 21.0 Å². The average molecular weight is 541 g/mol. The van der Waals surface area contributed by atoms with Crippen molar-refractivity contribution < 1.29 is 19.5 Å². The molecule has 1 amide bonds. The molecule has 0 saturated heterocycles. The lowest BCUT2D eigenvalue weighted by molar-refractivity contribution is -0.129. The van der Waals surface area contributed by atoms with Gasteiger partial charge in [0, 0.05) is 21.4 Å². The molecule has 0 fully saturated rings. The fourth-order valence-corrected chi connectivity index (χ4v) is 6.09. The zero-order chi connectivity index (χ0) is 24.8. The summed E-state index contributed by atoms with van der Waals surface area (Å²) >= 11 is 5.44. The molecule has 0 aromatic carbocycles. The van der Waals surface area contributed by atoms with Crippen molar-refractivity contribution in [2.75, 3.05) is 18.2 Å². The maximum Gasteiger partial charge on any atom is 0.358 e. The molecule has 4 rings (SSSR count). The molecule has 0 aliphatic carbocycles. The van der Waals surface area contributed by atoms with Gasteiger partial charge in [0.25, 0.3) is 0 Å². The Morgan fingerprint density at radius 2 is 1.94 bits per heavy atom. The molecular weight excluding hydrogens is 525 g/mol. The van der Waals surface area contributed by atoms with Crippen LogP contribution in [0.4, 0.5) is 5.00 Å². The highest BCUT2D eigenvalue weighted by Crippen LogP contribution is 2.37. The lowest BCUT2D eigenvalue weighted by Crippen LogP contribution is -2.15. The second-order valence-electron chi connectivity index (χ2n) is 6.77. The van der Waals surface area contributed by atoms with Crippen molar-refractivity contribution in [3.63, 3.8) is 0 Å². The summed E-state index contributed by atoms with van der Waals surface area (Å²) in [6, 6.07) is 13.5. The highest BCUT2D eigenvalue weighted by molar-refractivity contribution is 8.00. The summed E-state index contributed by atoms with van der Waals surface area (Å²) in [5.41, 5.74) is 2.01. The topological polar surface area (TPSA) is 125 Å². The van der Waals surface area contributed by atoms with Crippen molar-refractivity contribution in [2.24, 2.45) is 5.16 Å². The molecule has 8 nitrogen and oxygen atoms in total. The highest BCUT2D eigenvalue weighted by Gasteiger charge is 2.19. The normalized spacial score (nSPS) is 11.1. The number of aromatic nitrogens is 1. The van der Waals surface area contributed by atoms with Crippen LogP contribution in [-0.4, -0.2) is 40.5 Å². The van der Waals surface area contributed by atoms with Crippen LogP contribution in [0.1, 0.15) is 11.1 Å². The summed E-state index contributed by atoms with van der Waals surface area (Å²) < 4.78 is 0. The van der Waals surface area contributed by atoms with Crippen LogP contribution < -0.4 is 5.32 Å². The van der Waals surface area contributed by atoms with Gasteiger partial charge in [0.1, 0.15) is 18.2 Å². The van der Waals surface area contributed by atoms with Crippen LogP contribution >= 0.6 is 45.8 Å². The molecule has 0 spiro atoms. The number of thiophene rings is 3. The standard InChI is InChI=1S/C23H16N4O4S4/c1-31-27-21(23(29)30)13-8-20(34-11-13)26-19(28)12-35-22-15(10-24)14(17-4-2-6-32-17)9-16(25-22)18-5-3-7-33-18/h2-9,11H,12H2,1H3,(H,26,28)(H,29,30)/b27-21+.